The number of ether oxygens (including phenoxy) is 1. The highest BCUT2D eigenvalue weighted by Crippen LogP contribution is 2.22. The van der Waals surface area contributed by atoms with Gasteiger partial charge in [-0.3, -0.25) is 9.59 Å². The molecule has 1 amide bonds. The van der Waals surface area contributed by atoms with Crippen molar-refractivity contribution in [2.45, 2.75) is 271 Å². The van der Waals surface area contributed by atoms with Crippen molar-refractivity contribution in [1.29, 1.82) is 0 Å². The maximum atomic E-state index is 13.8. The summed E-state index contributed by atoms with van der Waals surface area (Å²) in [5.74, 6) is 0.419. The van der Waals surface area contributed by atoms with Gasteiger partial charge in [0.15, 0.2) is 0 Å². The Hall–Kier alpha value is -1.10. The molecule has 0 aromatic carbocycles. The third-order valence-corrected chi connectivity index (χ3v) is 11.4. The summed E-state index contributed by atoms with van der Waals surface area (Å²) >= 11 is 0. The van der Waals surface area contributed by atoms with E-state index >= 15 is 0 Å². The highest BCUT2D eigenvalue weighted by atomic mass is 16.5. The lowest BCUT2D eigenvalue weighted by Gasteiger charge is -2.33. The number of hydrogen-bond donors (Lipinski definition) is 0. The van der Waals surface area contributed by atoms with Crippen LogP contribution in [0.1, 0.15) is 259 Å². The van der Waals surface area contributed by atoms with Crippen molar-refractivity contribution >= 4 is 11.9 Å². The summed E-state index contributed by atoms with van der Waals surface area (Å²) in [6.45, 7) is 11.0. The largest absolute Gasteiger partial charge is 0.462 e. The Bertz CT molecular complexity index is 760. The molecule has 0 aliphatic rings. The van der Waals surface area contributed by atoms with E-state index in [0.717, 1.165) is 64.5 Å². The summed E-state index contributed by atoms with van der Waals surface area (Å²) in [5.41, 5.74) is 0. The lowest BCUT2D eigenvalue weighted by atomic mass is 9.97. The minimum atomic E-state index is 0.0239. The summed E-state index contributed by atoms with van der Waals surface area (Å²) in [4.78, 5) is 31.1. The number of unbranched alkanes of at least 4 members (excludes halogenated alkanes) is 24. The topological polar surface area (TPSA) is 49.9 Å². The van der Waals surface area contributed by atoms with E-state index < -0.39 is 0 Å². The van der Waals surface area contributed by atoms with Crippen LogP contribution in [-0.2, 0) is 14.3 Å². The van der Waals surface area contributed by atoms with Gasteiger partial charge in [-0.1, -0.05) is 188 Å². The van der Waals surface area contributed by atoms with Crippen LogP contribution >= 0.6 is 0 Å². The Morgan fingerprint density at radius 2 is 0.792 bits per heavy atom. The number of rotatable bonds is 42. The molecule has 1 atom stereocenters. The average molecular weight is 749 g/mol. The standard InChI is InChI=1S/C48H96N2O3/c1-7-11-15-19-21-23-26-30-37-45(50(47(51)41-36-43-49(5)6)44-35-29-24-22-20-16-12-8-2)38-31-27-25-28-34-42-48(52)53-46(39-32-17-13-9-3)40-33-18-14-10-4/h45-46H,7-44H2,1-6H3. The van der Waals surface area contributed by atoms with E-state index in [2.05, 4.69) is 51.6 Å². The van der Waals surface area contributed by atoms with Gasteiger partial charge in [0.05, 0.1) is 0 Å². The first-order valence-electron chi connectivity index (χ1n) is 24.0. The Kier molecular flexibility index (Phi) is 39.7. The smallest absolute Gasteiger partial charge is 0.306 e. The van der Waals surface area contributed by atoms with Crippen molar-refractivity contribution in [2.24, 2.45) is 0 Å². The summed E-state index contributed by atoms with van der Waals surface area (Å²) in [6.07, 6.45) is 43.3. The molecule has 53 heavy (non-hydrogen) atoms. The molecule has 5 heteroatoms. The molecule has 0 saturated carbocycles. The minimum absolute atomic E-state index is 0.0239. The van der Waals surface area contributed by atoms with Gasteiger partial charge in [0.2, 0.25) is 5.91 Å². The van der Waals surface area contributed by atoms with Gasteiger partial charge in [-0.2, -0.15) is 0 Å². The molecule has 5 nitrogen and oxygen atoms in total. The number of amides is 1. The zero-order valence-electron chi connectivity index (χ0n) is 37.1. The van der Waals surface area contributed by atoms with Gasteiger partial charge in [0, 0.05) is 25.4 Å². The molecule has 0 radical (unpaired) electrons. The van der Waals surface area contributed by atoms with Crippen LogP contribution in [0.25, 0.3) is 0 Å². The molecule has 0 N–H and O–H groups in total. The summed E-state index contributed by atoms with van der Waals surface area (Å²) < 4.78 is 6.03. The highest BCUT2D eigenvalue weighted by Gasteiger charge is 2.23. The normalized spacial score (nSPS) is 12.2. The molecular formula is C48H96N2O3. The molecule has 0 bridgehead atoms. The fourth-order valence-corrected chi connectivity index (χ4v) is 7.87. The predicted molar refractivity (Wildman–Crippen MR) is 233 cm³/mol. The molecular weight excluding hydrogens is 653 g/mol. The first-order valence-corrected chi connectivity index (χ1v) is 24.0. The average Bonchev–Trinajstić information content (AvgIpc) is 3.14. The Morgan fingerprint density at radius 3 is 1.25 bits per heavy atom. The number of hydrogen-bond acceptors (Lipinski definition) is 4. The fraction of sp³-hybridized carbons (Fsp3) is 0.958. The summed E-state index contributed by atoms with van der Waals surface area (Å²) in [7, 11) is 4.22. The Balaban J connectivity index is 5.01. The van der Waals surface area contributed by atoms with Gasteiger partial charge in [0.25, 0.3) is 0 Å². The summed E-state index contributed by atoms with van der Waals surface area (Å²) in [5, 5.41) is 0. The van der Waals surface area contributed by atoms with E-state index in [4.69, 9.17) is 4.74 Å². The maximum absolute atomic E-state index is 13.8. The quantitative estimate of drug-likeness (QED) is 0.0461. The van der Waals surface area contributed by atoms with Crippen LogP contribution in [0.2, 0.25) is 0 Å². The highest BCUT2D eigenvalue weighted by molar-refractivity contribution is 5.76. The lowest BCUT2D eigenvalue weighted by molar-refractivity contribution is -0.150. The second-order valence-electron chi connectivity index (χ2n) is 17.0. The molecule has 0 saturated heterocycles. The fourth-order valence-electron chi connectivity index (χ4n) is 7.87. The van der Waals surface area contributed by atoms with Crippen molar-refractivity contribution < 1.29 is 14.3 Å². The van der Waals surface area contributed by atoms with Gasteiger partial charge < -0.3 is 14.5 Å². The van der Waals surface area contributed by atoms with E-state index in [1.165, 1.54) is 167 Å². The zero-order chi connectivity index (χ0) is 39.0. The van der Waals surface area contributed by atoms with Gasteiger partial charge in [-0.05, 0) is 78.4 Å². The van der Waals surface area contributed by atoms with Crippen LogP contribution in [-0.4, -0.2) is 61.0 Å². The van der Waals surface area contributed by atoms with E-state index in [1.54, 1.807) is 0 Å². The molecule has 0 fully saturated rings. The first-order chi connectivity index (χ1) is 25.9. The van der Waals surface area contributed by atoms with Crippen LogP contribution in [0.5, 0.6) is 0 Å². The number of esters is 1. The number of carbonyl (C=O) groups is 2. The second-order valence-corrected chi connectivity index (χ2v) is 17.0. The van der Waals surface area contributed by atoms with Gasteiger partial charge in [-0.15, -0.1) is 0 Å². The van der Waals surface area contributed by atoms with Crippen molar-refractivity contribution in [1.82, 2.24) is 9.80 Å². The zero-order valence-corrected chi connectivity index (χ0v) is 37.1. The van der Waals surface area contributed by atoms with Gasteiger partial charge in [-0.25, -0.2) is 0 Å². The van der Waals surface area contributed by atoms with E-state index in [1.807, 2.05) is 0 Å². The first kappa shape index (κ1) is 51.9. The van der Waals surface area contributed by atoms with Crippen molar-refractivity contribution in [2.75, 3.05) is 27.2 Å². The third-order valence-electron chi connectivity index (χ3n) is 11.4. The Labute approximate surface area is 333 Å². The number of carbonyl (C=O) groups excluding carboxylic acids is 2. The molecule has 0 spiro atoms. The van der Waals surface area contributed by atoms with E-state index in [-0.39, 0.29) is 12.1 Å². The predicted octanol–water partition coefficient (Wildman–Crippen LogP) is 14.8. The Morgan fingerprint density at radius 1 is 0.415 bits per heavy atom. The van der Waals surface area contributed by atoms with Crippen LogP contribution < -0.4 is 0 Å². The molecule has 0 rings (SSSR count). The van der Waals surface area contributed by atoms with Crippen LogP contribution in [0.15, 0.2) is 0 Å². The molecule has 0 aliphatic heterocycles. The second kappa shape index (κ2) is 40.6. The molecule has 316 valence electrons. The van der Waals surface area contributed by atoms with Crippen LogP contribution in [0.4, 0.5) is 0 Å². The van der Waals surface area contributed by atoms with Gasteiger partial charge >= 0.3 is 5.97 Å². The number of nitrogens with zero attached hydrogens (tertiary/aromatic N) is 2. The van der Waals surface area contributed by atoms with E-state index in [9.17, 15) is 9.59 Å². The summed E-state index contributed by atoms with van der Waals surface area (Å²) in [6, 6.07) is 0.382. The molecule has 0 aromatic heterocycles. The van der Waals surface area contributed by atoms with Crippen molar-refractivity contribution in [3.63, 3.8) is 0 Å². The van der Waals surface area contributed by atoms with Crippen molar-refractivity contribution in [3.8, 4) is 0 Å². The van der Waals surface area contributed by atoms with E-state index in [0.29, 0.717) is 24.8 Å². The van der Waals surface area contributed by atoms with Crippen LogP contribution in [0.3, 0.4) is 0 Å². The van der Waals surface area contributed by atoms with Gasteiger partial charge in [0.1, 0.15) is 6.10 Å². The molecule has 0 aliphatic carbocycles. The molecule has 0 heterocycles. The third kappa shape index (κ3) is 35.1. The SMILES string of the molecule is CCCCCCCCCCC(CCCCCCCC(=O)OC(CCCCCC)CCCCCC)N(CCCCCCCCCC)C(=O)CCCN(C)C. The maximum Gasteiger partial charge on any atom is 0.306 e. The molecule has 1 unspecified atom stereocenters. The van der Waals surface area contributed by atoms with Crippen molar-refractivity contribution in [3.05, 3.63) is 0 Å². The lowest BCUT2D eigenvalue weighted by Crippen LogP contribution is -2.41. The monoisotopic (exact) mass is 749 g/mol. The van der Waals surface area contributed by atoms with Crippen LogP contribution in [0, 0.1) is 0 Å². The minimum Gasteiger partial charge on any atom is -0.462 e. The molecule has 0 aromatic rings.